The van der Waals surface area contributed by atoms with Gasteiger partial charge in [-0.15, -0.1) is 0 Å². The molecule has 12 N–H and O–H groups in total. The van der Waals surface area contributed by atoms with Gasteiger partial charge in [0.05, 0.1) is 70.3 Å². The fourth-order valence-corrected chi connectivity index (χ4v) is 18.3. The lowest BCUT2D eigenvalue weighted by molar-refractivity contribution is -0.380. The summed E-state index contributed by atoms with van der Waals surface area (Å²) in [6, 6.07) is 3.14. The molecule has 29 nitrogen and oxygen atoms in total. The van der Waals surface area contributed by atoms with Crippen LogP contribution in [-0.4, -0.2) is 255 Å². The van der Waals surface area contributed by atoms with E-state index in [2.05, 4.69) is 26.8 Å². The molecule has 8 fully saturated rings. The van der Waals surface area contributed by atoms with Crippen molar-refractivity contribution in [3.63, 3.8) is 0 Å². The van der Waals surface area contributed by atoms with Crippen molar-refractivity contribution < 1.29 is 142 Å². The molecular weight excluding hydrogens is 1270 g/mol. The van der Waals surface area contributed by atoms with Crippen molar-refractivity contribution in [2.24, 2.45) is 50.2 Å². The molecule has 4 aliphatic heterocycles. The molecule has 4 heterocycles. The van der Waals surface area contributed by atoms with Crippen LogP contribution in [0.2, 0.25) is 0 Å². The second-order valence-corrected chi connectivity index (χ2v) is 29.4. The Hall–Kier alpha value is -4.74. The lowest BCUT2D eigenvalue weighted by atomic mass is 9.33. The number of carboxylic acids is 1. The minimum atomic E-state index is -1.97. The zero-order chi connectivity index (χ0) is 70.3. The van der Waals surface area contributed by atoms with Crippen LogP contribution < -0.4 is 14.2 Å². The van der Waals surface area contributed by atoms with Crippen LogP contribution >= 0.6 is 0 Å². The molecule has 4 saturated heterocycles. The van der Waals surface area contributed by atoms with Gasteiger partial charge >= 0.3 is 23.9 Å². The summed E-state index contributed by atoms with van der Waals surface area (Å²) in [7, 11) is 4.25. The van der Waals surface area contributed by atoms with E-state index in [-0.39, 0.29) is 56.0 Å². The SMILES string of the molecule is COc1cc(C=CC(=O)OC2C(C)OC(OC(=O)C34CCC(C)(C)CC3C3=CCC5C6(C)CC(O)C(OC7OC(CO)C(O)C(O)C7O)C(C)(C(=O)O)C6CCC5(C)C3(CO)CC4)C(OC3OC(C)C(O)C(OC(C)=O)C3O)C2OC2OCC(O)C(O)C2O)cc(OC)c1OC. The highest BCUT2D eigenvalue weighted by molar-refractivity contribution is 5.87. The average molecular weight is 1370 g/mol. The Balaban J connectivity index is 1.01. The molecule has 5 aliphatic carbocycles. The largest absolute Gasteiger partial charge is 0.493 e. The summed E-state index contributed by atoms with van der Waals surface area (Å²) >= 11 is 0. The van der Waals surface area contributed by atoms with Gasteiger partial charge in [-0.05, 0) is 136 Å². The summed E-state index contributed by atoms with van der Waals surface area (Å²) in [4.78, 5) is 56.8. The van der Waals surface area contributed by atoms with E-state index in [4.69, 9.17) is 61.6 Å². The van der Waals surface area contributed by atoms with Crippen LogP contribution in [0.5, 0.6) is 17.2 Å². The number of carbonyl (C=O) groups excluding carboxylic acids is 3. The molecule has 540 valence electrons. The molecule has 1 aromatic carbocycles. The zero-order valence-corrected chi connectivity index (χ0v) is 56.0. The number of aliphatic carboxylic acids is 1. The van der Waals surface area contributed by atoms with E-state index in [9.17, 15) is 75.7 Å². The van der Waals surface area contributed by atoms with E-state index in [1.54, 1.807) is 12.1 Å². The standard InChI is InChI=1S/C67H98O29/c1-29-43(74)52(90-31(3)70)49(80)58(88-29)94-54-53(93-56-47(78)44(75)36(72)27-87-56)50(92-42(73)15-12-32-22-37(84-9)51(86-11)38(23-32)85-10)30(2)89-59(54)96-61(83)66-19-18-62(4,5)24-34(66)33-13-14-40-63(6)25-35(71)55(95-57-48(79)46(77)45(76)39(26-68)91-57)65(8,60(81)82)41(63)16-17-64(40,7)67(33,28-69)21-20-66/h12-13,15,22-23,29-30,34-36,39-41,43-50,52-59,68-69,71-72,74-80H,14,16-21,24-28H2,1-11H3,(H,81,82). The molecule has 0 spiro atoms. The Bertz CT molecular complexity index is 3020. The number of methoxy groups -OCH3 is 3. The number of aliphatic hydroxyl groups is 11. The molecule has 29 unspecified atom stereocenters. The van der Waals surface area contributed by atoms with Crippen LogP contribution in [0.3, 0.4) is 0 Å². The number of benzene rings is 1. The Morgan fingerprint density at radius 1 is 0.625 bits per heavy atom. The van der Waals surface area contributed by atoms with Crippen molar-refractivity contribution in [3.8, 4) is 17.2 Å². The summed E-state index contributed by atoms with van der Waals surface area (Å²) in [6.45, 7) is 12.0. The van der Waals surface area contributed by atoms with Crippen molar-refractivity contribution in [3.05, 3.63) is 35.4 Å². The molecule has 9 aliphatic rings. The van der Waals surface area contributed by atoms with Gasteiger partial charge in [0, 0.05) is 18.4 Å². The number of hydrogen-bond acceptors (Lipinski definition) is 28. The van der Waals surface area contributed by atoms with E-state index in [0.717, 1.165) is 18.6 Å². The molecule has 0 bridgehead atoms. The van der Waals surface area contributed by atoms with Crippen LogP contribution in [0.15, 0.2) is 29.9 Å². The molecule has 0 aromatic heterocycles. The number of allylic oxidation sites excluding steroid dienone is 1. The molecule has 4 saturated carbocycles. The molecular formula is C67H98O29. The summed E-state index contributed by atoms with van der Waals surface area (Å²) in [6.07, 6.45) is -28.5. The van der Waals surface area contributed by atoms with E-state index in [1.807, 2.05) is 6.92 Å². The van der Waals surface area contributed by atoms with Crippen molar-refractivity contribution in [1.82, 2.24) is 0 Å². The van der Waals surface area contributed by atoms with Gasteiger partial charge in [0.1, 0.15) is 67.1 Å². The van der Waals surface area contributed by atoms with E-state index < -0.39 is 216 Å². The maximum absolute atomic E-state index is 16.2. The first kappa shape index (κ1) is 74.0. The number of rotatable bonds is 18. The van der Waals surface area contributed by atoms with E-state index >= 15 is 4.79 Å². The third-order valence-electron chi connectivity index (χ3n) is 23.6. The Morgan fingerprint density at radius 2 is 1.26 bits per heavy atom. The predicted molar refractivity (Wildman–Crippen MR) is 327 cm³/mol. The van der Waals surface area contributed by atoms with Gasteiger partial charge in [0.2, 0.25) is 12.0 Å². The molecule has 1 aromatic rings. The minimum absolute atomic E-state index is 0.000973. The first-order valence-electron chi connectivity index (χ1n) is 33.1. The molecule has 0 radical (unpaired) electrons. The lowest BCUT2D eigenvalue weighted by Gasteiger charge is -2.71. The summed E-state index contributed by atoms with van der Waals surface area (Å²) in [5, 5.41) is 134. The second-order valence-electron chi connectivity index (χ2n) is 29.4. The number of carboxylic acid groups (broad SMARTS) is 1. The van der Waals surface area contributed by atoms with E-state index in [0.29, 0.717) is 31.2 Å². The number of ether oxygens (including phenoxy) is 13. The Labute approximate surface area is 556 Å². The quantitative estimate of drug-likeness (QED) is 0.0313. The summed E-state index contributed by atoms with van der Waals surface area (Å²) < 4.78 is 78.2. The molecule has 0 amide bonds. The smallest absolute Gasteiger partial charge is 0.331 e. The highest BCUT2D eigenvalue weighted by Gasteiger charge is 2.74. The fourth-order valence-electron chi connectivity index (χ4n) is 18.3. The number of fused-ring (bicyclic) bond motifs is 7. The van der Waals surface area contributed by atoms with Gasteiger partial charge in [0.15, 0.2) is 48.7 Å². The van der Waals surface area contributed by atoms with Crippen LogP contribution in [0.1, 0.15) is 119 Å². The van der Waals surface area contributed by atoms with Gasteiger partial charge in [-0.25, -0.2) is 4.79 Å². The van der Waals surface area contributed by atoms with Crippen LogP contribution in [0.4, 0.5) is 0 Å². The van der Waals surface area contributed by atoms with Gasteiger partial charge < -0.3 is 123 Å². The first-order chi connectivity index (χ1) is 45.1. The van der Waals surface area contributed by atoms with Crippen molar-refractivity contribution in [1.29, 1.82) is 0 Å². The van der Waals surface area contributed by atoms with Crippen molar-refractivity contribution in [2.75, 3.05) is 41.2 Å². The summed E-state index contributed by atoms with van der Waals surface area (Å²) in [5.41, 5.74) is -5.22. The first-order valence-corrected chi connectivity index (χ1v) is 33.1. The number of carbonyl (C=O) groups is 4. The molecule has 10 rings (SSSR count). The number of hydrogen-bond donors (Lipinski definition) is 12. The van der Waals surface area contributed by atoms with Gasteiger partial charge in [0.25, 0.3) is 0 Å². The van der Waals surface area contributed by atoms with Crippen molar-refractivity contribution in [2.45, 2.75) is 242 Å². The third-order valence-corrected chi connectivity index (χ3v) is 23.6. The van der Waals surface area contributed by atoms with Gasteiger partial charge in [-0.3, -0.25) is 14.4 Å². The van der Waals surface area contributed by atoms with Gasteiger partial charge in [-0.2, -0.15) is 0 Å². The summed E-state index contributed by atoms with van der Waals surface area (Å²) in [5.74, 6) is -4.85. The highest BCUT2D eigenvalue weighted by atomic mass is 16.8. The van der Waals surface area contributed by atoms with Crippen molar-refractivity contribution >= 4 is 30.0 Å². The Morgan fingerprint density at radius 3 is 1.89 bits per heavy atom. The van der Waals surface area contributed by atoms with E-state index in [1.165, 1.54) is 48.2 Å². The molecule has 29 atom stereocenters. The predicted octanol–water partition coefficient (Wildman–Crippen LogP) is 0.528. The maximum Gasteiger partial charge on any atom is 0.331 e. The zero-order valence-electron chi connectivity index (χ0n) is 56.0. The molecule has 96 heavy (non-hydrogen) atoms. The third kappa shape index (κ3) is 12.7. The Kier molecular flexibility index (Phi) is 21.6. The monoisotopic (exact) mass is 1370 g/mol. The van der Waals surface area contributed by atoms with Crippen LogP contribution in [0, 0.1) is 50.2 Å². The fraction of sp³-hybridized carbons (Fsp3) is 0.791. The second kappa shape index (κ2) is 28.0. The number of esters is 3. The minimum Gasteiger partial charge on any atom is -0.493 e. The topological polar surface area (TPSA) is 431 Å². The normalized spacial score (nSPS) is 46.0. The number of aliphatic hydroxyl groups excluding tert-OH is 11. The molecule has 29 heteroatoms. The maximum atomic E-state index is 16.2. The van der Waals surface area contributed by atoms with Crippen LogP contribution in [-0.2, 0) is 66.5 Å². The average Bonchev–Trinajstić information content (AvgIpc) is 0.670. The lowest BCUT2D eigenvalue weighted by Crippen LogP contribution is -2.71. The van der Waals surface area contributed by atoms with Gasteiger partial charge in [-0.1, -0.05) is 39.3 Å². The van der Waals surface area contributed by atoms with Crippen LogP contribution in [0.25, 0.3) is 6.08 Å². The highest BCUT2D eigenvalue weighted by Crippen LogP contribution is 2.76.